The maximum atomic E-state index is 13.7. The lowest BCUT2D eigenvalue weighted by Crippen LogP contribution is -2.70. The van der Waals surface area contributed by atoms with E-state index in [4.69, 9.17) is 0 Å². The second-order valence-corrected chi connectivity index (χ2v) is 6.03. The SMILES string of the molecule is C=CC(=O)OCc1cn(CCC(F)(F)C(F)(F)C(F)(F)C(F)(F)C(F)(F)C(F)(F)F)nn1. The maximum absolute atomic E-state index is 13.7. The molecule has 1 aromatic rings. The van der Waals surface area contributed by atoms with Gasteiger partial charge in [-0.05, 0) is 0 Å². The quantitative estimate of drug-likeness (QED) is 0.268. The summed E-state index contributed by atoms with van der Waals surface area (Å²) in [5.41, 5.74) is -0.281. The van der Waals surface area contributed by atoms with Crippen LogP contribution in [0.5, 0.6) is 0 Å². The van der Waals surface area contributed by atoms with Crippen LogP contribution in [0.1, 0.15) is 12.1 Å². The number of halogens is 13. The molecule has 0 N–H and O–H groups in total. The van der Waals surface area contributed by atoms with E-state index in [-0.39, 0.29) is 10.4 Å². The third kappa shape index (κ3) is 4.62. The molecule has 0 spiro atoms. The van der Waals surface area contributed by atoms with E-state index in [1.54, 1.807) is 0 Å². The Morgan fingerprint density at radius 2 is 1.41 bits per heavy atom. The fourth-order valence-electron chi connectivity index (χ4n) is 1.93. The van der Waals surface area contributed by atoms with Crippen LogP contribution in [0.3, 0.4) is 0 Å². The number of nitrogens with zero attached hydrogens (tertiary/aromatic N) is 3. The first-order valence-corrected chi connectivity index (χ1v) is 7.79. The summed E-state index contributed by atoms with van der Waals surface area (Å²) in [6.07, 6.45) is -8.53. The number of hydrogen-bond acceptors (Lipinski definition) is 4. The van der Waals surface area contributed by atoms with Gasteiger partial charge in [-0.25, -0.2) is 4.79 Å². The average Bonchev–Trinajstić information content (AvgIpc) is 3.10. The van der Waals surface area contributed by atoms with Crippen molar-refractivity contribution < 1.29 is 66.6 Å². The first kappa shape index (κ1) is 27.5. The fraction of sp³-hybridized carbons (Fsp3) is 0.643. The number of carbonyl (C=O) groups excluding carboxylic acids is 1. The monoisotopic (exact) mass is 499 g/mol. The molecule has 1 aromatic heterocycles. The summed E-state index contributed by atoms with van der Waals surface area (Å²) in [4.78, 5) is 10.8. The molecule has 5 nitrogen and oxygen atoms in total. The molecule has 1 rings (SSSR count). The Morgan fingerprint density at radius 3 is 1.88 bits per heavy atom. The van der Waals surface area contributed by atoms with Gasteiger partial charge in [0.2, 0.25) is 0 Å². The second-order valence-electron chi connectivity index (χ2n) is 6.03. The minimum atomic E-state index is -7.94. The Balaban J connectivity index is 3.08. The second kappa shape index (κ2) is 8.42. The van der Waals surface area contributed by atoms with Crippen LogP contribution in [0.25, 0.3) is 0 Å². The highest BCUT2D eigenvalue weighted by Crippen LogP contribution is 2.60. The lowest BCUT2D eigenvalue weighted by atomic mass is 9.92. The molecule has 0 aromatic carbocycles. The molecule has 0 amide bonds. The van der Waals surface area contributed by atoms with Crippen LogP contribution < -0.4 is 0 Å². The molecule has 32 heavy (non-hydrogen) atoms. The van der Waals surface area contributed by atoms with Gasteiger partial charge in [-0.15, -0.1) is 5.10 Å². The summed E-state index contributed by atoms with van der Waals surface area (Å²) in [6, 6.07) is 0. The molecule has 0 atom stereocenters. The smallest absolute Gasteiger partial charge is 0.456 e. The highest BCUT2D eigenvalue weighted by atomic mass is 19.4. The molecule has 0 fully saturated rings. The molecule has 0 aliphatic heterocycles. The number of rotatable bonds is 10. The van der Waals surface area contributed by atoms with Gasteiger partial charge < -0.3 is 4.74 Å². The Bertz CT molecular complexity index is 832. The van der Waals surface area contributed by atoms with E-state index in [1.165, 1.54) is 0 Å². The predicted octanol–water partition coefficient (Wildman–Crippen LogP) is 4.64. The number of aryl methyl sites for hydroxylation is 1. The third-order valence-corrected chi connectivity index (χ3v) is 3.77. The van der Waals surface area contributed by atoms with E-state index < -0.39 is 61.3 Å². The summed E-state index contributed by atoms with van der Waals surface area (Å²) >= 11 is 0. The Kier molecular flexibility index (Phi) is 7.23. The van der Waals surface area contributed by atoms with Crippen LogP contribution in [0, 0.1) is 0 Å². The van der Waals surface area contributed by atoms with Crippen LogP contribution in [0.4, 0.5) is 57.1 Å². The van der Waals surface area contributed by atoms with Gasteiger partial charge in [0.05, 0.1) is 6.20 Å². The van der Waals surface area contributed by atoms with Gasteiger partial charge in [0.25, 0.3) is 0 Å². The molecule has 0 aliphatic rings. The zero-order valence-corrected chi connectivity index (χ0v) is 15.1. The van der Waals surface area contributed by atoms with Crippen molar-refractivity contribution in [3.05, 3.63) is 24.5 Å². The fourth-order valence-corrected chi connectivity index (χ4v) is 1.93. The van der Waals surface area contributed by atoms with Crippen molar-refractivity contribution >= 4 is 5.97 Å². The number of aromatic nitrogens is 3. The van der Waals surface area contributed by atoms with Gasteiger partial charge >= 0.3 is 41.8 Å². The van der Waals surface area contributed by atoms with Crippen LogP contribution in [-0.2, 0) is 22.7 Å². The Morgan fingerprint density at radius 1 is 0.906 bits per heavy atom. The van der Waals surface area contributed by atoms with Crippen LogP contribution in [-0.4, -0.2) is 56.8 Å². The first-order chi connectivity index (χ1) is 14.2. The molecular weight excluding hydrogens is 489 g/mol. The van der Waals surface area contributed by atoms with Crippen LogP contribution in [0.2, 0.25) is 0 Å². The van der Waals surface area contributed by atoms with Crippen molar-refractivity contribution in [2.45, 2.75) is 55.4 Å². The highest BCUT2D eigenvalue weighted by Gasteiger charge is 2.90. The number of esters is 1. The Labute approximate surface area is 168 Å². The number of hydrogen-bond donors (Lipinski definition) is 0. The third-order valence-electron chi connectivity index (χ3n) is 3.77. The molecule has 0 saturated carbocycles. The lowest BCUT2D eigenvalue weighted by Gasteiger charge is -2.39. The standard InChI is InChI=1S/C14H10F13N3O2/c1-2-8(31)32-6-7-5-30(29-28-7)4-3-9(15,16)10(17,18)11(19,20)12(21,22)13(23,24)14(25,26)27/h2,5H,1,3-4,6H2. The lowest BCUT2D eigenvalue weighted by molar-refractivity contribution is -0.440. The molecule has 0 aliphatic carbocycles. The van der Waals surface area contributed by atoms with Crippen molar-refractivity contribution in [3.63, 3.8) is 0 Å². The average molecular weight is 499 g/mol. The number of carbonyl (C=O) groups is 1. The van der Waals surface area contributed by atoms with Gasteiger partial charge in [-0.2, -0.15) is 57.1 Å². The van der Waals surface area contributed by atoms with Gasteiger partial charge in [0, 0.05) is 19.0 Å². The highest BCUT2D eigenvalue weighted by molar-refractivity contribution is 5.81. The zero-order valence-electron chi connectivity index (χ0n) is 15.1. The van der Waals surface area contributed by atoms with E-state index >= 15 is 0 Å². The summed E-state index contributed by atoms with van der Waals surface area (Å²) in [7, 11) is 0. The van der Waals surface area contributed by atoms with Crippen molar-refractivity contribution in [2.75, 3.05) is 0 Å². The largest absolute Gasteiger partial charge is 0.460 e. The zero-order chi connectivity index (χ0) is 25.4. The first-order valence-electron chi connectivity index (χ1n) is 7.79. The van der Waals surface area contributed by atoms with E-state index in [9.17, 15) is 61.9 Å². The van der Waals surface area contributed by atoms with E-state index in [0.29, 0.717) is 12.3 Å². The van der Waals surface area contributed by atoms with Gasteiger partial charge in [-0.1, -0.05) is 11.8 Å². The molecule has 184 valence electrons. The summed E-state index contributed by atoms with van der Waals surface area (Å²) in [5.74, 6) is -38.1. The summed E-state index contributed by atoms with van der Waals surface area (Å²) in [6.45, 7) is 0.942. The van der Waals surface area contributed by atoms with Crippen LogP contribution >= 0.6 is 0 Å². The predicted molar refractivity (Wildman–Crippen MR) is 75.4 cm³/mol. The van der Waals surface area contributed by atoms with Crippen molar-refractivity contribution in [1.29, 1.82) is 0 Å². The molecule has 0 saturated heterocycles. The summed E-state index contributed by atoms with van der Waals surface area (Å²) < 4.78 is 174. The number of alkyl halides is 13. The molecule has 0 radical (unpaired) electrons. The van der Waals surface area contributed by atoms with Crippen molar-refractivity contribution in [2.24, 2.45) is 0 Å². The van der Waals surface area contributed by atoms with Crippen LogP contribution in [0.15, 0.2) is 18.9 Å². The van der Waals surface area contributed by atoms with Crippen molar-refractivity contribution in [1.82, 2.24) is 15.0 Å². The molecule has 1 heterocycles. The van der Waals surface area contributed by atoms with Gasteiger partial charge in [-0.3, -0.25) is 4.68 Å². The minimum Gasteiger partial charge on any atom is -0.456 e. The minimum absolute atomic E-state index is 0.279. The van der Waals surface area contributed by atoms with E-state index in [0.717, 1.165) is 0 Å². The Hall–Kier alpha value is -2.56. The van der Waals surface area contributed by atoms with Gasteiger partial charge in [0.15, 0.2) is 0 Å². The van der Waals surface area contributed by atoms with E-state index in [2.05, 4.69) is 21.6 Å². The topological polar surface area (TPSA) is 57.0 Å². The molecule has 0 bridgehead atoms. The van der Waals surface area contributed by atoms with E-state index in [1.807, 2.05) is 0 Å². The van der Waals surface area contributed by atoms with Gasteiger partial charge in [0.1, 0.15) is 12.3 Å². The molecule has 0 unspecified atom stereocenters. The molecular formula is C14H10F13N3O2. The molecule has 18 heteroatoms. The number of ether oxygens (including phenoxy) is 1. The van der Waals surface area contributed by atoms with Crippen molar-refractivity contribution in [3.8, 4) is 0 Å². The summed E-state index contributed by atoms with van der Waals surface area (Å²) in [5, 5.41) is 6.26. The normalized spacial score (nSPS) is 14.4. The maximum Gasteiger partial charge on any atom is 0.460 e.